The molecule has 0 fully saturated rings. The van der Waals surface area contributed by atoms with Gasteiger partial charge < -0.3 is 10.3 Å². The van der Waals surface area contributed by atoms with E-state index >= 15 is 0 Å². The summed E-state index contributed by atoms with van der Waals surface area (Å²) in [5, 5.41) is 7.89. The van der Waals surface area contributed by atoms with E-state index in [0.717, 1.165) is 18.5 Å². The van der Waals surface area contributed by atoms with Gasteiger partial charge in [0.25, 0.3) is 0 Å². The van der Waals surface area contributed by atoms with Crippen LogP contribution in [-0.2, 0) is 6.54 Å². The first kappa shape index (κ1) is 9.85. The molecule has 0 aliphatic heterocycles. The third-order valence-electron chi connectivity index (χ3n) is 2.12. The van der Waals surface area contributed by atoms with Crippen LogP contribution in [0.4, 0.5) is 0 Å². The average Bonchev–Trinajstić information content (AvgIpc) is 2.87. The zero-order chi connectivity index (χ0) is 10.7. The largest absolute Gasteiger partial charge is 0.343 e. The van der Waals surface area contributed by atoms with E-state index in [1.807, 2.05) is 10.9 Å². The van der Waals surface area contributed by atoms with Crippen LogP contribution in [-0.4, -0.2) is 19.9 Å². The maximum atomic E-state index is 5.93. The lowest BCUT2D eigenvalue weighted by Crippen LogP contribution is -2.12. The van der Waals surface area contributed by atoms with Crippen molar-refractivity contribution in [2.24, 2.45) is 5.73 Å². The van der Waals surface area contributed by atoms with Crippen molar-refractivity contribution in [3.05, 3.63) is 30.2 Å². The Morgan fingerprint density at radius 3 is 3.13 bits per heavy atom. The minimum Gasteiger partial charge on any atom is -0.343 e. The van der Waals surface area contributed by atoms with Crippen LogP contribution in [0.3, 0.4) is 0 Å². The number of nitrogens with two attached hydrogens (primary N) is 1. The maximum Gasteiger partial charge on any atom is 0.213 e. The van der Waals surface area contributed by atoms with Crippen molar-refractivity contribution in [2.45, 2.75) is 25.9 Å². The second-order valence-electron chi connectivity index (χ2n) is 3.30. The highest BCUT2D eigenvalue weighted by molar-refractivity contribution is 5.17. The van der Waals surface area contributed by atoms with Crippen LogP contribution in [0.1, 0.15) is 30.8 Å². The fourth-order valence-electron chi connectivity index (χ4n) is 1.36. The lowest BCUT2D eigenvalue weighted by Gasteiger charge is -2.02. The van der Waals surface area contributed by atoms with Crippen LogP contribution in [0.15, 0.2) is 23.3 Å². The Morgan fingerprint density at radius 1 is 1.60 bits per heavy atom. The third kappa shape index (κ3) is 2.04. The van der Waals surface area contributed by atoms with Gasteiger partial charge in [0.1, 0.15) is 0 Å². The van der Waals surface area contributed by atoms with Crippen molar-refractivity contribution >= 4 is 0 Å². The van der Waals surface area contributed by atoms with Crippen molar-refractivity contribution in [2.75, 3.05) is 0 Å². The predicted molar refractivity (Wildman–Crippen MR) is 52.8 cm³/mol. The summed E-state index contributed by atoms with van der Waals surface area (Å²) in [4.78, 5) is 3.91. The van der Waals surface area contributed by atoms with E-state index in [9.17, 15) is 0 Å². The standard InChI is InChI=1S/C9H13N5O/c1-2-3-14-5-7(4-12-14)8(10)9-11-6-15-13-9/h4-6,8H,2-3,10H2,1H3. The molecule has 2 heterocycles. The van der Waals surface area contributed by atoms with E-state index in [-0.39, 0.29) is 6.04 Å². The number of hydrogen-bond acceptors (Lipinski definition) is 5. The number of aryl methyl sites for hydroxylation is 1. The van der Waals surface area contributed by atoms with E-state index in [0.29, 0.717) is 5.82 Å². The lowest BCUT2D eigenvalue weighted by atomic mass is 10.2. The summed E-state index contributed by atoms with van der Waals surface area (Å²) in [6.07, 6.45) is 5.95. The lowest BCUT2D eigenvalue weighted by molar-refractivity contribution is 0.407. The van der Waals surface area contributed by atoms with Gasteiger partial charge in [-0.3, -0.25) is 4.68 Å². The molecule has 15 heavy (non-hydrogen) atoms. The van der Waals surface area contributed by atoms with Gasteiger partial charge in [0, 0.05) is 18.3 Å². The highest BCUT2D eigenvalue weighted by Gasteiger charge is 2.15. The SMILES string of the molecule is CCCn1cc(C(N)c2ncon2)cn1. The molecule has 2 N–H and O–H groups in total. The van der Waals surface area contributed by atoms with Gasteiger partial charge in [0.05, 0.1) is 12.2 Å². The molecule has 0 saturated heterocycles. The molecule has 80 valence electrons. The van der Waals surface area contributed by atoms with Crippen molar-refractivity contribution in [3.63, 3.8) is 0 Å². The Balaban J connectivity index is 2.15. The van der Waals surface area contributed by atoms with Gasteiger partial charge >= 0.3 is 0 Å². The van der Waals surface area contributed by atoms with Gasteiger partial charge in [-0.1, -0.05) is 12.1 Å². The van der Waals surface area contributed by atoms with E-state index in [1.165, 1.54) is 6.39 Å². The summed E-state index contributed by atoms with van der Waals surface area (Å²) in [5.74, 6) is 0.478. The van der Waals surface area contributed by atoms with Crippen LogP contribution in [0.2, 0.25) is 0 Å². The van der Waals surface area contributed by atoms with Gasteiger partial charge in [-0.25, -0.2) is 0 Å². The molecular weight excluding hydrogens is 194 g/mol. The van der Waals surface area contributed by atoms with Crippen LogP contribution in [0, 0.1) is 0 Å². The number of hydrogen-bond donors (Lipinski definition) is 1. The summed E-state index contributed by atoms with van der Waals surface area (Å²) in [5.41, 5.74) is 6.83. The quantitative estimate of drug-likeness (QED) is 0.798. The Bertz CT molecular complexity index is 408. The molecule has 0 aliphatic carbocycles. The molecule has 6 heteroatoms. The van der Waals surface area contributed by atoms with Crippen LogP contribution < -0.4 is 5.73 Å². The molecule has 0 aliphatic rings. The highest BCUT2D eigenvalue weighted by atomic mass is 16.5. The molecule has 1 unspecified atom stereocenters. The van der Waals surface area contributed by atoms with Gasteiger partial charge in [0.2, 0.25) is 6.39 Å². The molecule has 0 bridgehead atoms. The summed E-state index contributed by atoms with van der Waals surface area (Å²) in [6, 6.07) is -0.366. The van der Waals surface area contributed by atoms with E-state index in [2.05, 4.69) is 26.7 Å². The summed E-state index contributed by atoms with van der Waals surface area (Å²) in [6.45, 7) is 2.99. The van der Waals surface area contributed by atoms with Crippen molar-refractivity contribution < 1.29 is 4.52 Å². The summed E-state index contributed by atoms with van der Waals surface area (Å²) in [7, 11) is 0. The maximum absolute atomic E-state index is 5.93. The molecule has 1 atom stereocenters. The second-order valence-corrected chi connectivity index (χ2v) is 3.30. The fourth-order valence-corrected chi connectivity index (χ4v) is 1.36. The van der Waals surface area contributed by atoms with E-state index in [4.69, 9.17) is 5.73 Å². The molecule has 0 amide bonds. The fraction of sp³-hybridized carbons (Fsp3) is 0.444. The number of rotatable bonds is 4. The first-order valence-electron chi connectivity index (χ1n) is 4.85. The predicted octanol–water partition coefficient (Wildman–Crippen LogP) is 0.724. The zero-order valence-electron chi connectivity index (χ0n) is 8.50. The molecule has 6 nitrogen and oxygen atoms in total. The Hall–Kier alpha value is -1.69. The van der Waals surface area contributed by atoms with Gasteiger partial charge in [-0.2, -0.15) is 10.1 Å². The molecular formula is C9H13N5O. The summed E-state index contributed by atoms with van der Waals surface area (Å²) >= 11 is 0. The van der Waals surface area contributed by atoms with Gasteiger partial charge in [0.15, 0.2) is 5.82 Å². The van der Waals surface area contributed by atoms with E-state index in [1.54, 1.807) is 6.20 Å². The first-order valence-corrected chi connectivity index (χ1v) is 4.85. The van der Waals surface area contributed by atoms with Gasteiger partial charge in [-0.15, -0.1) is 0 Å². The zero-order valence-corrected chi connectivity index (χ0v) is 8.50. The molecule has 0 radical (unpaired) electrons. The van der Waals surface area contributed by atoms with Crippen molar-refractivity contribution in [3.8, 4) is 0 Å². The molecule has 0 aromatic carbocycles. The van der Waals surface area contributed by atoms with Crippen LogP contribution in [0.25, 0.3) is 0 Å². The number of aromatic nitrogens is 4. The molecule has 2 aromatic rings. The van der Waals surface area contributed by atoms with E-state index < -0.39 is 0 Å². The molecule has 0 spiro atoms. The molecule has 2 aromatic heterocycles. The topological polar surface area (TPSA) is 82.8 Å². The van der Waals surface area contributed by atoms with Crippen molar-refractivity contribution in [1.29, 1.82) is 0 Å². The Kier molecular flexibility index (Phi) is 2.77. The normalized spacial score (nSPS) is 12.9. The van der Waals surface area contributed by atoms with Crippen LogP contribution >= 0.6 is 0 Å². The Labute approximate surface area is 87.1 Å². The average molecular weight is 207 g/mol. The van der Waals surface area contributed by atoms with Gasteiger partial charge in [-0.05, 0) is 6.42 Å². The minimum absolute atomic E-state index is 0.366. The number of nitrogens with zero attached hydrogens (tertiary/aromatic N) is 4. The molecule has 2 rings (SSSR count). The second kappa shape index (κ2) is 4.22. The Morgan fingerprint density at radius 2 is 2.47 bits per heavy atom. The smallest absolute Gasteiger partial charge is 0.213 e. The summed E-state index contributed by atoms with van der Waals surface area (Å²) < 4.78 is 6.50. The van der Waals surface area contributed by atoms with Crippen LogP contribution in [0.5, 0.6) is 0 Å². The first-order chi connectivity index (χ1) is 7.31. The third-order valence-corrected chi connectivity index (χ3v) is 2.12. The monoisotopic (exact) mass is 207 g/mol. The molecule has 0 saturated carbocycles. The minimum atomic E-state index is -0.366. The highest BCUT2D eigenvalue weighted by Crippen LogP contribution is 2.14. The van der Waals surface area contributed by atoms with Crippen molar-refractivity contribution in [1.82, 2.24) is 19.9 Å².